The van der Waals surface area contributed by atoms with E-state index in [0.717, 1.165) is 12.1 Å². The van der Waals surface area contributed by atoms with Crippen LogP contribution in [-0.2, 0) is 29.7 Å². The molecule has 4 heterocycles. The van der Waals surface area contributed by atoms with Crippen molar-refractivity contribution in [2.75, 3.05) is 84.5 Å². The van der Waals surface area contributed by atoms with Crippen molar-refractivity contribution in [3.05, 3.63) is 52.6 Å². The van der Waals surface area contributed by atoms with Gasteiger partial charge in [0.1, 0.15) is 20.2 Å². The molecule has 20 nitrogen and oxygen atoms in total. The fourth-order valence-electron chi connectivity index (χ4n) is 5.33. The molecule has 1 atom stereocenters. The largest absolute Gasteiger partial charge is 1.00 e. The maximum Gasteiger partial charge on any atom is 1.00 e. The van der Waals surface area contributed by atoms with Crippen LogP contribution in [0.1, 0.15) is 12.0 Å². The second-order valence-electron chi connectivity index (χ2n) is 11.2. The molecule has 0 radical (unpaired) electrons. The molecule has 0 bridgehead atoms. The van der Waals surface area contributed by atoms with Crippen molar-refractivity contribution in [2.24, 2.45) is 5.92 Å². The number of morpholine rings is 2. The van der Waals surface area contributed by atoms with Gasteiger partial charge in [-0.15, -0.1) is 0 Å². The number of nitrogens with zero attached hydrogens (tertiary/aromatic N) is 8. The van der Waals surface area contributed by atoms with Gasteiger partial charge >= 0.3 is 59.1 Å². The molecule has 2 aromatic heterocycles. The van der Waals surface area contributed by atoms with Crippen LogP contribution in [0.2, 0.25) is 0 Å². The number of allylic oxidation sites excluding steroid dienone is 4. The first kappa shape index (κ1) is 41.8. The number of hydrogen-bond donors (Lipinski definition) is 4. The van der Waals surface area contributed by atoms with E-state index in [0.29, 0.717) is 64.5 Å². The van der Waals surface area contributed by atoms with E-state index in [1.165, 1.54) is 24.3 Å². The summed E-state index contributed by atoms with van der Waals surface area (Å²) in [6.45, 7) is 4.07. The summed E-state index contributed by atoms with van der Waals surface area (Å²) >= 11 is 0. The molecule has 1 aliphatic carbocycles. The van der Waals surface area contributed by atoms with Crippen molar-refractivity contribution in [3.8, 4) is 0 Å². The van der Waals surface area contributed by atoms with Gasteiger partial charge in [-0.05, 0) is 30.2 Å². The summed E-state index contributed by atoms with van der Waals surface area (Å²) in [5, 5.41) is 5.72. The second-order valence-corrected chi connectivity index (χ2v) is 13.9. The summed E-state index contributed by atoms with van der Waals surface area (Å²) in [6, 6.07) is 3.90. The van der Waals surface area contributed by atoms with E-state index in [-0.39, 0.29) is 106 Å². The number of benzene rings is 1. The maximum absolute atomic E-state index is 12.3. The Hall–Kier alpha value is -3.00. The SMILES string of the molecule is Nc1nc(NC2=CCC(/C=C/c3ccc(Nc4nc(N)nc(N5CCOCC5)n4)cc3S(=O)(=O)[O-])C(S(=O)(=O)[O-])=C2)nc(N2CCOCC2)n1.[Na+].[Na+]. The number of ether oxygens (including phenoxy) is 2. The Morgan fingerprint density at radius 3 is 1.83 bits per heavy atom. The van der Waals surface area contributed by atoms with Crippen LogP contribution >= 0.6 is 0 Å². The smallest absolute Gasteiger partial charge is 0.744 e. The zero-order valence-corrected chi connectivity index (χ0v) is 33.9. The van der Waals surface area contributed by atoms with Gasteiger partial charge in [-0.1, -0.05) is 24.3 Å². The summed E-state index contributed by atoms with van der Waals surface area (Å²) in [5.74, 6) is -0.470. The van der Waals surface area contributed by atoms with Gasteiger partial charge in [-0.25, -0.2) is 16.8 Å². The number of anilines is 7. The molecule has 6 N–H and O–H groups in total. The fourth-order valence-corrected chi connectivity index (χ4v) is 6.85. The molecule has 1 unspecified atom stereocenters. The van der Waals surface area contributed by atoms with E-state index in [1.54, 1.807) is 6.08 Å². The zero-order valence-electron chi connectivity index (χ0n) is 28.3. The Kier molecular flexibility index (Phi) is 14.4. The average Bonchev–Trinajstić information content (AvgIpc) is 3.07. The number of hydrogen-bond acceptors (Lipinski definition) is 20. The van der Waals surface area contributed by atoms with Crippen LogP contribution < -0.4 is 91.0 Å². The van der Waals surface area contributed by atoms with Gasteiger partial charge in [0.15, 0.2) is 0 Å². The van der Waals surface area contributed by atoms with Crippen LogP contribution in [0.3, 0.4) is 0 Å². The van der Waals surface area contributed by atoms with E-state index in [1.807, 2.05) is 9.80 Å². The van der Waals surface area contributed by atoms with E-state index >= 15 is 0 Å². The summed E-state index contributed by atoms with van der Waals surface area (Å²) in [7, 11) is -10.0. The molecule has 0 spiro atoms. The minimum Gasteiger partial charge on any atom is -0.744 e. The van der Waals surface area contributed by atoms with Crippen molar-refractivity contribution >= 4 is 67.7 Å². The van der Waals surface area contributed by atoms with Crippen LogP contribution in [0, 0.1) is 5.92 Å². The molecule has 52 heavy (non-hydrogen) atoms. The minimum atomic E-state index is -5.03. The molecular weight excluding hydrogens is 742 g/mol. The zero-order chi connectivity index (χ0) is 35.5. The van der Waals surface area contributed by atoms with Crippen molar-refractivity contribution in [3.63, 3.8) is 0 Å². The Bertz CT molecular complexity index is 2080. The van der Waals surface area contributed by atoms with Crippen molar-refractivity contribution in [1.82, 2.24) is 29.9 Å². The van der Waals surface area contributed by atoms with E-state index in [9.17, 15) is 25.9 Å². The van der Waals surface area contributed by atoms with Gasteiger partial charge in [0.05, 0.1) is 31.3 Å². The standard InChI is InChI=1S/C28H34N12O8S2.2Na/c29-23-33-25(37-27(35-23)39-7-11-47-12-8-39)31-19-5-3-17(21(15-19)49(41,42)43)1-2-18-4-6-20(16-22(18)50(44,45)46)32-26-34-24(30)36-28(38-26)40-9-13-48-14-10-40;;/h1-3,5-6,15-16,18H,4,7-14H2,(H,41,42,43)(H,44,45,46)(H3,29,31,33,35,37)(H3,30,32,34,36,38);;/q;2*+1/p-2/b2-1+;;. The molecule has 3 aliphatic rings. The first-order valence-corrected chi connectivity index (χ1v) is 18.0. The molecule has 2 saturated heterocycles. The summed E-state index contributed by atoms with van der Waals surface area (Å²) in [4.78, 5) is 27.7. The molecule has 266 valence electrons. The van der Waals surface area contributed by atoms with Crippen LogP contribution in [0.25, 0.3) is 6.08 Å². The van der Waals surface area contributed by atoms with Crippen LogP contribution in [0.5, 0.6) is 0 Å². The molecule has 3 aromatic rings. The maximum atomic E-state index is 12.3. The number of rotatable bonds is 10. The molecule has 24 heteroatoms. The van der Waals surface area contributed by atoms with Crippen LogP contribution in [-0.4, -0.2) is 108 Å². The monoisotopic (exact) mass is 774 g/mol. The van der Waals surface area contributed by atoms with E-state index in [2.05, 4.69) is 40.5 Å². The molecule has 0 amide bonds. The third kappa shape index (κ3) is 10.8. The Morgan fingerprint density at radius 1 is 0.769 bits per heavy atom. The Balaban J connectivity index is 0.00000302. The second kappa shape index (κ2) is 17.9. The van der Waals surface area contributed by atoms with Gasteiger partial charge in [0.25, 0.3) is 0 Å². The molecule has 2 fully saturated rings. The van der Waals surface area contributed by atoms with E-state index in [4.69, 9.17) is 20.9 Å². The van der Waals surface area contributed by atoms with Crippen molar-refractivity contribution in [1.29, 1.82) is 0 Å². The first-order valence-electron chi connectivity index (χ1n) is 15.2. The van der Waals surface area contributed by atoms with Gasteiger partial charge in [-0.3, -0.25) is 0 Å². The predicted octanol–water partition coefficient (Wildman–Crippen LogP) is -5.99. The van der Waals surface area contributed by atoms with Gasteiger partial charge in [-0.2, -0.15) is 29.9 Å². The number of nitrogens with two attached hydrogens (primary N) is 2. The van der Waals surface area contributed by atoms with E-state index < -0.39 is 36.0 Å². The topological polar surface area (TPSA) is 293 Å². The number of aromatic nitrogens is 6. The molecular formula is C28H32N12Na2O8S2. The normalized spacial score (nSPS) is 18.2. The van der Waals surface area contributed by atoms with Crippen molar-refractivity contribution in [2.45, 2.75) is 11.3 Å². The predicted molar refractivity (Wildman–Crippen MR) is 179 cm³/mol. The van der Waals surface area contributed by atoms with Crippen LogP contribution in [0.15, 0.2) is 51.9 Å². The molecule has 2 aliphatic heterocycles. The number of nitrogens with one attached hydrogen (secondary N) is 2. The minimum absolute atomic E-state index is 0. The third-order valence-electron chi connectivity index (χ3n) is 7.72. The summed E-state index contributed by atoms with van der Waals surface area (Å²) in [6.07, 6.45) is 5.38. The quantitative estimate of drug-likeness (QED) is 0.110. The molecule has 6 rings (SSSR count). The van der Waals surface area contributed by atoms with Crippen molar-refractivity contribution < 1.29 is 94.5 Å². The third-order valence-corrected chi connectivity index (χ3v) is 9.61. The van der Waals surface area contributed by atoms with Gasteiger partial charge in [0, 0.05) is 48.4 Å². The average molecular weight is 775 g/mol. The van der Waals surface area contributed by atoms with Gasteiger partial charge in [0.2, 0.25) is 35.7 Å². The summed E-state index contributed by atoms with van der Waals surface area (Å²) < 4.78 is 84.6. The summed E-state index contributed by atoms with van der Waals surface area (Å²) in [5.41, 5.74) is 12.1. The Labute approximate surface area is 343 Å². The first-order chi connectivity index (χ1) is 23.8. The van der Waals surface area contributed by atoms with Crippen LogP contribution in [0.4, 0.5) is 41.4 Å². The number of nitrogen functional groups attached to an aromatic ring is 2. The Morgan fingerprint density at radius 2 is 1.31 bits per heavy atom. The fraction of sp³-hybridized carbons (Fsp3) is 0.357. The molecule has 1 aromatic carbocycles. The molecule has 0 saturated carbocycles. The van der Waals surface area contributed by atoms with Gasteiger partial charge < -0.3 is 50.5 Å².